The van der Waals surface area contributed by atoms with Gasteiger partial charge in [-0.2, -0.15) is 0 Å². The van der Waals surface area contributed by atoms with E-state index in [2.05, 4.69) is 29.5 Å². The van der Waals surface area contributed by atoms with Crippen LogP contribution in [0.15, 0.2) is 18.3 Å². The van der Waals surface area contributed by atoms with Gasteiger partial charge in [-0.25, -0.2) is 4.98 Å². The summed E-state index contributed by atoms with van der Waals surface area (Å²) < 4.78 is 2.22. The predicted octanol–water partition coefficient (Wildman–Crippen LogP) is 3.02. The van der Waals surface area contributed by atoms with Crippen LogP contribution < -0.4 is 0 Å². The van der Waals surface area contributed by atoms with Crippen LogP contribution >= 0.6 is 11.6 Å². The molecule has 0 saturated carbocycles. The van der Waals surface area contributed by atoms with Crippen molar-refractivity contribution in [2.24, 2.45) is 0 Å². The number of hydrogen-bond acceptors (Lipinski definition) is 1. The Morgan fingerprint density at radius 3 is 2.92 bits per heavy atom. The van der Waals surface area contributed by atoms with Gasteiger partial charge in [-0.1, -0.05) is 11.6 Å². The Hall–Kier alpha value is -1.02. The van der Waals surface area contributed by atoms with Crippen LogP contribution in [-0.4, -0.2) is 9.55 Å². The lowest BCUT2D eigenvalue weighted by molar-refractivity contribution is 0.768. The minimum atomic E-state index is 0.556. The molecule has 3 heteroatoms. The third-order valence-corrected chi connectivity index (χ3v) is 2.48. The molecule has 0 aliphatic carbocycles. The highest BCUT2D eigenvalue weighted by atomic mass is 35.5. The first-order valence-corrected chi connectivity index (χ1v) is 4.71. The zero-order chi connectivity index (χ0) is 9.42. The van der Waals surface area contributed by atoms with Crippen molar-refractivity contribution in [1.82, 2.24) is 9.55 Å². The maximum atomic E-state index is 5.80. The molecule has 0 N–H and O–H groups in total. The summed E-state index contributed by atoms with van der Waals surface area (Å²) in [5.74, 6) is 0. The summed E-state index contributed by atoms with van der Waals surface area (Å²) in [4.78, 5) is 4.07. The van der Waals surface area contributed by atoms with Crippen molar-refractivity contribution < 1.29 is 0 Å². The third-order valence-electron chi connectivity index (χ3n) is 2.28. The largest absolute Gasteiger partial charge is 0.344 e. The average Bonchev–Trinajstić information content (AvgIpc) is 2.39. The lowest BCUT2D eigenvalue weighted by Gasteiger charge is -2.02. The summed E-state index contributed by atoms with van der Waals surface area (Å²) in [6.07, 6.45) is 1.83. The number of aromatic nitrogens is 2. The molecular formula is C10H11ClN2. The molecule has 0 aliphatic rings. The van der Waals surface area contributed by atoms with E-state index in [9.17, 15) is 0 Å². The molecule has 68 valence electrons. The van der Waals surface area contributed by atoms with Gasteiger partial charge in [-0.05, 0) is 26.0 Å². The van der Waals surface area contributed by atoms with Gasteiger partial charge >= 0.3 is 0 Å². The first kappa shape index (κ1) is 8.57. The van der Waals surface area contributed by atoms with Gasteiger partial charge in [0, 0.05) is 17.6 Å². The van der Waals surface area contributed by atoms with E-state index in [1.165, 1.54) is 11.1 Å². The predicted molar refractivity (Wildman–Crippen MR) is 55.2 cm³/mol. The van der Waals surface area contributed by atoms with Crippen molar-refractivity contribution in [3.8, 4) is 0 Å². The second kappa shape index (κ2) is 3.04. The Balaban J connectivity index is 2.79. The van der Waals surface area contributed by atoms with E-state index in [-0.39, 0.29) is 0 Å². The van der Waals surface area contributed by atoms with Gasteiger partial charge in [0.1, 0.15) is 5.15 Å². The molecule has 0 saturated heterocycles. The Kier molecular flexibility index (Phi) is 2.00. The van der Waals surface area contributed by atoms with Crippen LogP contribution in [0.3, 0.4) is 0 Å². The van der Waals surface area contributed by atoms with Gasteiger partial charge in [0.2, 0.25) is 0 Å². The van der Waals surface area contributed by atoms with E-state index in [4.69, 9.17) is 11.6 Å². The first-order valence-electron chi connectivity index (χ1n) is 4.33. The topological polar surface area (TPSA) is 17.8 Å². The number of nitrogens with zero attached hydrogens (tertiary/aromatic N) is 2. The number of aryl methyl sites for hydroxylation is 2. The molecule has 2 aromatic rings. The van der Waals surface area contributed by atoms with E-state index in [1.807, 2.05) is 12.3 Å². The second-order valence-corrected chi connectivity index (χ2v) is 3.48. The third kappa shape index (κ3) is 1.31. The molecule has 2 nitrogen and oxygen atoms in total. The zero-order valence-electron chi connectivity index (χ0n) is 7.71. The van der Waals surface area contributed by atoms with Crippen LogP contribution in [0, 0.1) is 6.92 Å². The molecule has 0 unspecified atom stereocenters. The van der Waals surface area contributed by atoms with Crippen LogP contribution in [0.5, 0.6) is 0 Å². The maximum Gasteiger partial charge on any atom is 0.129 e. The normalized spacial score (nSPS) is 11.0. The lowest BCUT2D eigenvalue weighted by Crippen LogP contribution is -1.95. The molecule has 0 aromatic carbocycles. The fourth-order valence-electron chi connectivity index (χ4n) is 1.69. The SMILES string of the molecule is CCn1c(C)cc2cc(Cl)ncc21. The first-order chi connectivity index (χ1) is 6.22. The number of fused-ring (bicyclic) bond motifs is 1. The summed E-state index contributed by atoms with van der Waals surface area (Å²) in [7, 11) is 0. The minimum Gasteiger partial charge on any atom is -0.344 e. The number of halogens is 1. The van der Waals surface area contributed by atoms with Gasteiger partial charge in [-0.15, -0.1) is 0 Å². The molecule has 0 fully saturated rings. The fraction of sp³-hybridized carbons (Fsp3) is 0.300. The second-order valence-electron chi connectivity index (χ2n) is 3.10. The summed E-state index contributed by atoms with van der Waals surface area (Å²) in [5, 5.41) is 1.72. The maximum absolute atomic E-state index is 5.80. The van der Waals surface area contributed by atoms with Crippen LogP contribution in [0.4, 0.5) is 0 Å². The zero-order valence-corrected chi connectivity index (χ0v) is 8.47. The Morgan fingerprint density at radius 1 is 1.46 bits per heavy atom. The average molecular weight is 195 g/mol. The molecule has 0 spiro atoms. The van der Waals surface area contributed by atoms with Gasteiger partial charge in [0.25, 0.3) is 0 Å². The van der Waals surface area contributed by atoms with Crippen LogP contribution in [0.2, 0.25) is 5.15 Å². The number of pyridine rings is 1. The molecule has 0 amide bonds. The highest BCUT2D eigenvalue weighted by Gasteiger charge is 2.04. The summed E-state index contributed by atoms with van der Waals surface area (Å²) in [5.41, 5.74) is 2.41. The summed E-state index contributed by atoms with van der Waals surface area (Å²) in [6.45, 7) is 5.19. The van der Waals surface area contributed by atoms with Crippen LogP contribution in [-0.2, 0) is 6.54 Å². The molecule has 0 bridgehead atoms. The molecule has 2 heterocycles. The van der Waals surface area contributed by atoms with Crippen LogP contribution in [0.1, 0.15) is 12.6 Å². The monoisotopic (exact) mass is 194 g/mol. The summed E-state index contributed by atoms with van der Waals surface area (Å²) >= 11 is 5.80. The van der Waals surface area contributed by atoms with Crippen molar-refractivity contribution in [2.45, 2.75) is 20.4 Å². The smallest absolute Gasteiger partial charge is 0.129 e. The van der Waals surface area contributed by atoms with E-state index < -0.39 is 0 Å². The van der Waals surface area contributed by atoms with Crippen molar-refractivity contribution in [2.75, 3.05) is 0 Å². The Bertz CT molecular complexity index is 445. The molecule has 2 rings (SSSR count). The molecular weight excluding hydrogens is 184 g/mol. The highest BCUT2D eigenvalue weighted by Crippen LogP contribution is 2.20. The van der Waals surface area contributed by atoms with Crippen molar-refractivity contribution >= 4 is 22.5 Å². The lowest BCUT2D eigenvalue weighted by atomic mass is 10.3. The van der Waals surface area contributed by atoms with Gasteiger partial charge in [-0.3, -0.25) is 0 Å². The van der Waals surface area contributed by atoms with E-state index >= 15 is 0 Å². The number of hydrogen-bond donors (Lipinski definition) is 0. The number of rotatable bonds is 1. The van der Waals surface area contributed by atoms with Crippen molar-refractivity contribution in [3.05, 3.63) is 29.2 Å². The molecule has 0 radical (unpaired) electrons. The van der Waals surface area contributed by atoms with E-state index in [0.29, 0.717) is 5.15 Å². The van der Waals surface area contributed by atoms with E-state index in [0.717, 1.165) is 12.1 Å². The Morgan fingerprint density at radius 2 is 2.23 bits per heavy atom. The van der Waals surface area contributed by atoms with Crippen LogP contribution in [0.25, 0.3) is 10.9 Å². The van der Waals surface area contributed by atoms with Crippen molar-refractivity contribution in [3.63, 3.8) is 0 Å². The van der Waals surface area contributed by atoms with Gasteiger partial charge < -0.3 is 4.57 Å². The molecule has 0 aliphatic heterocycles. The standard InChI is InChI=1S/C10H11ClN2/c1-3-13-7(2)4-8-5-10(11)12-6-9(8)13/h4-6H,3H2,1-2H3. The Labute approximate surface area is 82.1 Å². The fourth-order valence-corrected chi connectivity index (χ4v) is 1.86. The molecule has 13 heavy (non-hydrogen) atoms. The quantitative estimate of drug-likeness (QED) is 0.639. The van der Waals surface area contributed by atoms with Gasteiger partial charge in [0.05, 0.1) is 11.7 Å². The van der Waals surface area contributed by atoms with Gasteiger partial charge in [0.15, 0.2) is 0 Å². The summed E-state index contributed by atoms with van der Waals surface area (Å²) in [6, 6.07) is 4.03. The molecule has 0 atom stereocenters. The highest BCUT2D eigenvalue weighted by molar-refractivity contribution is 6.30. The van der Waals surface area contributed by atoms with Crippen molar-refractivity contribution in [1.29, 1.82) is 0 Å². The van der Waals surface area contributed by atoms with E-state index in [1.54, 1.807) is 0 Å². The minimum absolute atomic E-state index is 0.556. The molecule has 2 aromatic heterocycles.